The molecule has 166 valence electrons. The maximum Gasteiger partial charge on any atom is 0.329 e. The van der Waals surface area contributed by atoms with Crippen molar-refractivity contribution in [3.63, 3.8) is 0 Å². The number of benzene rings is 2. The second kappa shape index (κ2) is 9.48. The molecule has 7 nitrogen and oxygen atoms in total. The van der Waals surface area contributed by atoms with E-state index in [1.165, 1.54) is 4.90 Å². The van der Waals surface area contributed by atoms with Crippen LogP contribution in [0.25, 0.3) is 10.8 Å². The lowest BCUT2D eigenvalue weighted by molar-refractivity contribution is -0.121. The molecule has 2 aromatic carbocycles. The first kappa shape index (κ1) is 22.0. The Morgan fingerprint density at radius 3 is 2.75 bits per heavy atom. The summed E-state index contributed by atoms with van der Waals surface area (Å²) in [5.41, 5.74) is 1.63. The molecule has 0 unspecified atom stereocenters. The number of carbonyl (C=O) groups is 3. The van der Waals surface area contributed by atoms with Gasteiger partial charge in [-0.25, -0.2) is 14.7 Å². The third-order valence-electron chi connectivity index (χ3n) is 5.51. The van der Waals surface area contributed by atoms with Crippen LogP contribution in [0, 0.1) is 0 Å². The van der Waals surface area contributed by atoms with Crippen LogP contribution in [0.4, 0.5) is 10.5 Å². The van der Waals surface area contributed by atoms with E-state index in [1.807, 2.05) is 36.4 Å². The fourth-order valence-corrected chi connectivity index (χ4v) is 4.70. The number of fused-ring (bicyclic) bond motifs is 1. The number of hydrogen-bond acceptors (Lipinski definition) is 5. The molecule has 2 N–H and O–H groups in total. The number of anilines is 1. The van der Waals surface area contributed by atoms with Gasteiger partial charge < -0.3 is 10.6 Å². The zero-order valence-electron chi connectivity index (χ0n) is 18.1. The monoisotopic (exact) mass is 450 g/mol. The Bertz CT molecular complexity index is 1150. The number of nitrogens with zero attached hydrogens (tertiary/aromatic N) is 2. The van der Waals surface area contributed by atoms with E-state index in [4.69, 9.17) is 0 Å². The number of amides is 4. The lowest BCUT2D eigenvalue weighted by Gasteiger charge is -2.15. The van der Waals surface area contributed by atoms with Crippen LogP contribution >= 0.6 is 11.3 Å². The summed E-state index contributed by atoms with van der Waals surface area (Å²) in [6.45, 7) is 4.70. The van der Waals surface area contributed by atoms with Crippen LogP contribution < -0.4 is 15.5 Å². The lowest BCUT2D eigenvalue weighted by Crippen LogP contribution is -2.33. The van der Waals surface area contributed by atoms with Gasteiger partial charge in [-0.2, -0.15) is 0 Å². The van der Waals surface area contributed by atoms with Gasteiger partial charge in [-0.3, -0.25) is 9.59 Å². The van der Waals surface area contributed by atoms with E-state index in [-0.39, 0.29) is 24.7 Å². The van der Waals surface area contributed by atoms with E-state index in [0.29, 0.717) is 24.6 Å². The van der Waals surface area contributed by atoms with E-state index in [1.54, 1.807) is 17.4 Å². The largest absolute Gasteiger partial charge is 0.356 e. The van der Waals surface area contributed by atoms with E-state index in [9.17, 15) is 14.4 Å². The van der Waals surface area contributed by atoms with Crippen molar-refractivity contribution in [2.45, 2.75) is 45.1 Å². The molecule has 1 atom stereocenters. The molecule has 4 rings (SSSR count). The summed E-state index contributed by atoms with van der Waals surface area (Å²) >= 11 is 1.60. The molecule has 32 heavy (non-hydrogen) atoms. The average molecular weight is 451 g/mol. The molecular weight excluding hydrogens is 424 g/mol. The number of rotatable bonds is 8. The SMILES string of the molecule is CC(C)c1csc(CCNC(=O)CC[C@@H]2NC(=O)N(c3cccc4ccccc34)C2=O)n1. The van der Waals surface area contributed by atoms with Crippen LogP contribution in [0.3, 0.4) is 0 Å². The molecule has 1 saturated heterocycles. The van der Waals surface area contributed by atoms with E-state index >= 15 is 0 Å². The van der Waals surface area contributed by atoms with E-state index < -0.39 is 12.1 Å². The Labute approximate surface area is 190 Å². The number of urea groups is 1. The highest BCUT2D eigenvalue weighted by molar-refractivity contribution is 7.09. The molecule has 1 aliphatic heterocycles. The van der Waals surface area contributed by atoms with Gasteiger partial charge in [-0.15, -0.1) is 11.3 Å². The molecule has 1 aliphatic rings. The van der Waals surface area contributed by atoms with Crippen molar-refractivity contribution >= 4 is 45.6 Å². The fourth-order valence-electron chi connectivity index (χ4n) is 3.74. The zero-order valence-corrected chi connectivity index (χ0v) is 18.9. The van der Waals surface area contributed by atoms with Crippen molar-refractivity contribution < 1.29 is 14.4 Å². The van der Waals surface area contributed by atoms with Crippen molar-refractivity contribution in [2.75, 3.05) is 11.4 Å². The van der Waals surface area contributed by atoms with Gasteiger partial charge in [0, 0.05) is 30.2 Å². The van der Waals surface area contributed by atoms with Crippen molar-refractivity contribution in [2.24, 2.45) is 0 Å². The summed E-state index contributed by atoms with van der Waals surface area (Å²) < 4.78 is 0. The van der Waals surface area contributed by atoms with Gasteiger partial charge in [-0.05, 0) is 23.8 Å². The third-order valence-corrected chi connectivity index (χ3v) is 6.44. The highest BCUT2D eigenvalue weighted by Gasteiger charge is 2.39. The van der Waals surface area contributed by atoms with E-state index in [0.717, 1.165) is 21.5 Å². The summed E-state index contributed by atoms with van der Waals surface area (Å²) in [6, 6.07) is 12.0. The molecule has 0 aliphatic carbocycles. The number of nitrogens with one attached hydrogen (secondary N) is 2. The summed E-state index contributed by atoms with van der Waals surface area (Å²) in [5.74, 6) is -0.0818. The second-order valence-electron chi connectivity index (χ2n) is 8.13. The third kappa shape index (κ3) is 4.65. The summed E-state index contributed by atoms with van der Waals surface area (Å²) in [5, 5.41) is 10.4. The normalized spacial score (nSPS) is 16.1. The topological polar surface area (TPSA) is 91.4 Å². The Morgan fingerprint density at radius 2 is 1.97 bits per heavy atom. The van der Waals surface area contributed by atoms with Gasteiger partial charge in [0.1, 0.15) is 6.04 Å². The van der Waals surface area contributed by atoms with Gasteiger partial charge in [-0.1, -0.05) is 50.2 Å². The second-order valence-corrected chi connectivity index (χ2v) is 9.08. The highest BCUT2D eigenvalue weighted by Crippen LogP contribution is 2.29. The van der Waals surface area contributed by atoms with Gasteiger partial charge in [0.15, 0.2) is 0 Å². The van der Waals surface area contributed by atoms with Gasteiger partial charge in [0.25, 0.3) is 5.91 Å². The van der Waals surface area contributed by atoms with Crippen molar-refractivity contribution in [1.29, 1.82) is 0 Å². The Morgan fingerprint density at radius 1 is 1.19 bits per heavy atom. The Hall–Kier alpha value is -3.26. The van der Waals surface area contributed by atoms with Crippen molar-refractivity contribution in [1.82, 2.24) is 15.6 Å². The van der Waals surface area contributed by atoms with Crippen molar-refractivity contribution in [3.8, 4) is 0 Å². The Balaban J connectivity index is 1.31. The first-order chi connectivity index (χ1) is 15.4. The van der Waals surface area contributed by atoms with E-state index in [2.05, 4.69) is 34.8 Å². The first-order valence-electron chi connectivity index (χ1n) is 10.8. The molecule has 0 bridgehead atoms. The molecule has 1 fully saturated rings. The first-order valence-corrected chi connectivity index (χ1v) is 11.6. The summed E-state index contributed by atoms with van der Waals surface area (Å²) in [7, 11) is 0. The molecule has 8 heteroatoms. The standard InChI is InChI=1S/C24H26N4O3S/c1-15(2)19-14-32-22(26-19)12-13-25-21(29)11-10-18-23(30)28(24(31)27-18)20-9-5-7-16-6-3-4-8-17(16)20/h3-9,14-15,18H,10-13H2,1-2H3,(H,25,29)(H,27,31)/t18-/m0/s1. The maximum atomic E-state index is 12.9. The molecule has 3 aromatic rings. The Kier molecular flexibility index (Phi) is 6.50. The number of imide groups is 1. The predicted molar refractivity (Wildman–Crippen MR) is 126 cm³/mol. The molecule has 0 radical (unpaired) electrons. The molecule has 2 heterocycles. The number of thiazole rings is 1. The molecule has 0 saturated carbocycles. The average Bonchev–Trinajstić information content (AvgIpc) is 3.36. The van der Waals surface area contributed by atoms with Crippen LogP contribution in [0.5, 0.6) is 0 Å². The summed E-state index contributed by atoms with van der Waals surface area (Å²) in [6.07, 6.45) is 1.10. The highest BCUT2D eigenvalue weighted by atomic mass is 32.1. The van der Waals surface area contributed by atoms with Crippen LogP contribution in [0.2, 0.25) is 0 Å². The van der Waals surface area contributed by atoms with Crippen LogP contribution in [0.1, 0.15) is 43.3 Å². The molecular formula is C24H26N4O3S. The van der Waals surface area contributed by atoms with Gasteiger partial charge in [0.05, 0.1) is 16.4 Å². The van der Waals surface area contributed by atoms with Crippen LogP contribution in [-0.2, 0) is 16.0 Å². The minimum atomic E-state index is -0.709. The molecule has 4 amide bonds. The number of aromatic nitrogens is 1. The quantitative estimate of drug-likeness (QED) is 0.508. The molecule has 0 spiro atoms. The smallest absolute Gasteiger partial charge is 0.329 e. The maximum absolute atomic E-state index is 12.9. The molecule has 1 aromatic heterocycles. The minimum absolute atomic E-state index is 0.142. The fraction of sp³-hybridized carbons (Fsp3) is 0.333. The number of hydrogen-bond donors (Lipinski definition) is 2. The van der Waals surface area contributed by atoms with Gasteiger partial charge >= 0.3 is 6.03 Å². The van der Waals surface area contributed by atoms with Gasteiger partial charge in [0.2, 0.25) is 5.91 Å². The predicted octanol–water partition coefficient (Wildman–Crippen LogP) is 3.98. The minimum Gasteiger partial charge on any atom is -0.356 e. The zero-order chi connectivity index (χ0) is 22.7. The van der Waals surface area contributed by atoms with Crippen LogP contribution in [-0.4, -0.2) is 35.4 Å². The summed E-state index contributed by atoms with van der Waals surface area (Å²) in [4.78, 5) is 43.5. The van der Waals surface area contributed by atoms with Crippen LogP contribution in [0.15, 0.2) is 47.8 Å². The lowest BCUT2D eigenvalue weighted by atomic mass is 10.1. The van der Waals surface area contributed by atoms with Crippen molar-refractivity contribution in [3.05, 3.63) is 58.5 Å². The number of carbonyl (C=O) groups excluding carboxylic acids is 3.